The first-order valence-electron chi connectivity index (χ1n) is 5.85. The van der Waals surface area contributed by atoms with Gasteiger partial charge in [-0.3, -0.25) is 4.79 Å². The Balaban J connectivity index is 2.96. The molecule has 0 aromatic carbocycles. The highest BCUT2D eigenvalue weighted by Gasteiger charge is 2.22. The first-order chi connectivity index (χ1) is 7.93. The molecule has 1 heterocycles. The molecule has 0 saturated carbocycles. The van der Waals surface area contributed by atoms with Crippen LogP contribution in [0.3, 0.4) is 0 Å². The molecule has 0 fully saturated rings. The number of carbonyl (C=O) groups excluding carboxylic acids is 1. The van der Waals surface area contributed by atoms with E-state index in [4.69, 9.17) is 0 Å². The zero-order valence-corrected chi connectivity index (χ0v) is 10.8. The summed E-state index contributed by atoms with van der Waals surface area (Å²) in [6.07, 6.45) is 1.34. The molecule has 1 aromatic heterocycles. The van der Waals surface area contributed by atoms with Crippen molar-refractivity contribution in [3.63, 3.8) is 0 Å². The van der Waals surface area contributed by atoms with Crippen molar-refractivity contribution in [2.24, 2.45) is 5.92 Å². The highest BCUT2D eigenvalue weighted by Crippen LogP contribution is 2.12. The summed E-state index contributed by atoms with van der Waals surface area (Å²) in [4.78, 5) is 17.4. The van der Waals surface area contributed by atoms with Crippen LogP contribution in [0.15, 0.2) is 18.3 Å². The van der Waals surface area contributed by atoms with Gasteiger partial charge in [-0.1, -0.05) is 13.8 Å². The normalized spacial score (nSPS) is 11.0. The number of hydrogen-bond donors (Lipinski definition) is 0. The average Bonchev–Trinajstić information content (AvgIpc) is 2.25. The van der Waals surface area contributed by atoms with Gasteiger partial charge >= 0.3 is 0 Å². The van der Waals surface area contributed by atoms with Crippen LogP contribution in [-0.2, 0) is 0 Å². The van der Waals surface area contributed by atoms with Crippen molar-refractivity contribution in [2.75, 3.05) is 6.54 Å². The van der Waals surface area contributed by atoms with E-state index in [2.05, 4.69) is 4.98 Å². The number of hydrogen-bond acceptors (Lipinski definition) is 2. The van der Waals surface area contributed by atoms with Gasteiger partial charge in [-0.05, 0) is 31.9 Å². The Bertz CT molecular complexity index is 391. The molecule has 0 spiro atoms. The van der Waals surface area contributed by atoms with Gasteiger partial charge in [-0.15, -0.1) is 0 Å². The molecule has 1 amide bonds. The maximum Gasteiger partial charge on any atom is 0.258 e. The molecule has 1 aromatic rings. The second kappa shape index (κ2) is 5.75. The quantitative estimate of drug-likeness (QED) is 0.756. The smallest absolute Gasteiger partial charge is 0.258 e. The van der Waals surface area contributed by atoms with E-state index in [9.17, 15) is 9.18 Å². The molecular weight excluding hydrogens is 219 g/mol. The number of aromatic nitrogens is 1. The maximum absolute atomic E-state index is 13.4. The molecule has 0 aliphatic carbocycles. The van der Waals surface area contributed by atoms with Crippen molar-refractivity contribution in [3.8, 4) is 0 Å². The standard InChI is InChI=1S/C13H19FN2O/c1-9(2)8-16(10(3)4)13(17)11-6-5-7-15-12(11)14/h5-7,9-10H,8H2,1-4H3. The van der Waals surface area contributed by atoms with Crippen LogP contribution in [0, 0.1) is 11.9 Å². The Hall–Kier alpha value is -1.45. The number of amides is 1. The summed E-state index contributed by atoms with van der Waals surface area (Å²) >= 11 is 0. The third-order valence-corrected chi connectivity index (χ3v) is 2.44. The van der Waals surface area contributed by atoms with Crippen molar-refractivity contribution in [1.82, 2.24) is 9.88 Å². The van der Waals surface area contributed by atoms with E-state index in [1.165, 1.54) is 12.3 Å². The highest BCUT2D eigenvalue weighted by atomic mass is 19.1. The van der Waals surface area contributed by atoms with Gasteiger partial charge in [0.05, 0.1) is 5.56 Å². The number of nitrogens with zero attached hydrogens (tertiary/aromatic N) is 2. The summed E-state index contributed by atoms with van der Waals surface area (Å²) in [5, 5.41) is 0. The summed E-state index contributed by atoms with van der Waals surface area (Å²) < 4.78 is 13.4. The Morgan fingerprint density at radius 1 is 1.41 bits per heavy atom. The molecule has 0 aliphatic rings. The third-order valence-electron chi connectivity index (χ3n) is 2.44. The van der Waals surface area contributed by atoms with Gasteiger partial charge in [0, 0.05) is 18.8 Å². The molecule has 0 saturated heterocycles. The summed E-state index contributed by atoms with van der Waals surface area (Å²) in [6.45, 7) is 8.53. The average molecular weight is 238 g/mol. The van der Waals surface area contributed by atoms with Crippen molar-refractivity contribution in [2.45, 2.75) is 33.7 Å². The lowest BCUT2D eigenvalue weighted by Gasteiger charge is -2.28. The van der Waals surface area contributed by atoms with Crippen LogP contribution in [-0.4, -0.2) is 28.4 Å². The van der Waals surface area contributed by atoms with Gasteiger partial charge in [0.15, 0.2) is 0 Å². The van der Waals surface area contributed by atoms with Gasteiger partial charge < -0.3 is 4.90 Å². The number of carbonyl (C=O) groups is 1. The van der Waals surface area contributed by atoms with Crippen molar-refractivity contribution in [1.29, 1.82) is 0 Å². The Labute approximate surface area is 102 Å². The first kappa shape index (κ1) is 13.6. The predicted molar refractivity (Wildman–Crippen MR) is 65.2 cm³/mol. The zero-order chi connectivity index (χ0) is 13.0. The summed E-state index contributed by atoms with van der Waals surface area (Å²) in [5.41, 5.74) is 0.0434. The maximum atomic E-state index is 13.4. The largest absolute Gasteiger partial charge is 0.336 e. The molecule has 0 atom stereocenters. The van der Waals surface area contributed by atoms with Gasteiger partial charge in [-0.25, -0.2) is 4.98 Å². The van der Waals surface area contributed by atoms with E-state index in [1.807, 2.05) is 27.7 Å². The zero-order valence-electron chi connectivity index (χ0n) is 10.8. The van der Waals surface area contributed by atoms with Crippen LogP contribution < -0.4 is 0 Å². The molecule has 0 radical (unpaired) electrons. The van der Waals surface area contributed by atoms with Gasteiger partial charge in [0.25, 0.3) is 5.91 Å². The molecule has 0 N–H and O–H groups in total. The van der Waals surface area contributed by atoms with Crippen molar-refractivity contribution in [3.05, 3.63) is 29.8 Å². The Kier molecular flexibility index (Phi) is 4.61. The molecule has 0 unspecified atom stereocenters. The molecule has 1 rings (SSSR count). The fraction of sp³-hybridized carbons (Fsp3) is 0.538. The molecule has 94 valence electrons. The van der Waals surface area contributed by atoms with E-state index < -0.39 is 5.95 Å². The second-order valence-electron chi connectivity index (χ2n) is 4.79. The minimum Gasteiger partial charge on any atom is -0.336 e. The fourth-order valence-corrected chi connectivity index (χ4v) is 1.62. The van der Waals surface area contributed by atoms with Crippen LogP contribution >= 0.6 is 0 Å². The van der Waals surface area contributed by atoms with E-state index in [-0.39, 0.29) is 17.5 Å². The molecule has 0 bridgehead atoms. The van der Waals surface area contributed by atoms with Crippen LogP contribution in [0.25, 0.3) is 0 Å². The molecular formula is C13H19FN2O. The van der Waals surface area contributed by atoms with Crippen molar-refractivity contribution >= 4 is 5.91 Å². The Morgan fingerprint density at radius 3 is 2.53 bits per heavy atom. The lowest BCUT2D eigenvalue weighted by molar-refractivity contribution is 0.0676. The lowest BCUT2D eigenvalue weighted by Crippen LogP contribution is -2.40. The molecule has 3 nitrogen and oxygen atoms in total. The monoisotopic (exact) mass is 238 g/mol. The second-order valence-corrected chi connectivity index (χ2v) is 4.79. The minimum absolute atomic E-state index is 0.0434. The summed E-state index contributed by atoms with van der Waals surface area (Å²) in [5.74, 6) is -0.646. The van der Waals surface area contributed by atoms with E-state index in [0.717, 1.165) is 0 Å². The van der Waals surface area contributed by atoms with Gasteiger partial charge in [0.1, 0.15) is 0 Å². The van der Waals surface area contributed by atoms with E-state index >= 15 is 0 Å². The topological polar surface area (TPSA) is 33.2 Å². The van der Waals surface area contributed by atoms with E-state index in [0.29, 0.717) is 12.5 Å². The van der Waals surface area contributed by atoms with Gasteiger partial charge in [0.2, 0.25) is 5.95 Å². The summed E-state index contributed by atoms with van der Waals surface area (Å²) in [6, 6.07) is 3.09. The lowest BCUT2D eigenvalue weighted by atomic mass is 10.1. The molecule has 0 aliphatic heterocycles. The van der Waals surface area contributed by atoms with Gasteiger partial charge in [-0.2, -0.15) is 4.39 Å². The SMILES string of the molecule is CC(C)CN(C(=O)c1cccnc1F)C(C)C. The third kappa shape index (κ3) is 3.51. The van der Waals surface area contributed by atoms with Crippen LogP contribution in [0.5, 0.6) is 0 Å². The summed E-state index contributed by atoms with van der Waals surface area (Å²) in [7, 11) is 0. The fourth-order valence-electron chi connectivity index (χ4n) is 1.62. The minimum atomic E-state index is -0.702. The highest BCUT2D eigenvalue weighted by molar-refractivity contribution is 5.94. The van der Waals surface area contributed by atoms with Crippen LogP contribution in [0.4, 0.5) is 4.39 Å². The first-order valence-corrected chi connectivity index (χ1v) is 5.85. The molecule has 4 heteroatoms. The number of halogens is 1. The number of pyridine rings is 1. The Morgan fingerprint density at radius 2 is 2.06 bits per heavy atom. The predicted octanol–water partition coefficient (Wildman–Crippen LogP) is 2.73. The van der Waals surface area contributed by atoms with Crippen LogP contribution in [0.1, 0.15) is 38.1 Å². The molecule has 17 heavy (non-hydrogen) atoms. The number of rotatable bonds is 4. The van der Waals surface area contributed by atoms with E-state index in [1.54, 1.807) is 11.0 Å². The van der Waals surface area contributed by atoms with Crippen molar-refractivity contribution < 1.29 is 9.18 Å². The van der Waals surface area contributed by atoms with Crippen LogP contribution in [0.2, 0.25) is 0 Å².